The second-order valence-electron chi connectivity index (χ2n) is 6.70. The van der Waals surface area contributed by atoms with Crippen molar-refractivity contribution in [3.8, 4) is 0 Å². The van der Waals surface area contributed by atoms with Gasteiger partial charge in [-0.1, -0.05) is 13.8 Å². The maximum absolute atomic E-state index is 11.1. The highest BCUT2D eigenvalue weighted by molar-refractivity contribution is 7.10. The number of nitrogens with two attached hydrogens (primary N) is 2. The van der Waals surface area contributed by atoms with Gasteiger partial charge in [0.15, 0.2) is 0 Å². The smallest absolute Gasteiger partial charge is 0.237 e. The lowest BCUT2D eigenvalue weighted by molar-refractivity contribution is -0.124. The van der Waals surface area contributed by atoms with Gasteiger partial charge >= 0.3 is 0 Å². The standard InChI is InChI=1S/C10H16N4OS.C7H14N2O2/c1-7(2)9(6-15)14(12)5-8(11)10-13-3-4-16-10;1-8-7(11)6-3-5(10)4-9(6)2/h3-7,9H,11-12H2,1-2H3;5-6,10H,3-4H2,1-2H3,(H,8,11)/b8-5-;. The fourth-order valence-corrected chi connectivity index (χ4v) is 3.25. The Labute approximate surface area is 164 Å². The molecule has 0 bridgehead atoms. The van der Waals surface area contributed by atoms with Gasteiger partial charge in [0.25, 0.3) is 0 Å². The van der Waals surface area contributed by atoms with Crippen LogP contribution < -0.4 is 16.9 Å². The Hall–Kier alpha value is -2.01. The number of aliphatic hydroxyl groups is 1. The quantitative estimate of drug-likeness (QED) is 0.288. The van der Waals surface area contributed by atoms with Gasteiger partial charge in [0.1, 0.15) is 17.3 Å². The van der Waals surface area contributed by atoms with Gasteiger partial charge in [0, 0.05) is 31.4 Å². The average Bonchev–Trinajstić information content (AvgIpc) is 3.24. The first-order valence-electron chi connectivity index (χ1n) is 8.66. The molecule has 0 aromatic carbocycles. The van der Waals surface area contributed by atoms with Crippen LogP contribution in [0.3, 0.4) is 0 Å². The van der Waals surface area contributed by atoms with Crippen molar-refractivity contribution >= 4 is 29.2 Å². The Kier molecular flexibility index (Phi) is 9.36. The van der Waals surface area contributed by atoms with Gasteiger partial charge in [-0.05, 0) is 19.4 Å². The highest BCUT2D eigenvalue weighted by atomic mass is 32.1. The molecular weight excluding hydrogens is 368 g/mol. The third-order valence-electron chi connectivity index (χ3n) is 4.21. The predicted octanol–water partition coefficient (Wildman–Crippen LogP) is -0.403. The summed E-state index contributed by atoms with van der Waals surface area (Å²) in [6, 6.07) is -0.520. The summed E-state index contributed by atoms with van der Waals surface area (Å²) < 4.78 is 0. The molecule has 3 unspecified atom stereocenters. The van der Waals surface area contributed by atoms with Crippen molar-refractivity contribution in [2.24, 2.45) is 17.5 Å². The van der Waals surface area contributed by atoms with Crippen LogP contribution in [0.5, 0.6) is 0 Å². The second-order valence-corrected chi connectivity index (χ2v) is 7.59. The van der Waals surface area contributed by atoms with E-state index in [0.717, 1.165) is 6.29 Å². The number of carbonyl (C=O) groups excluding carboxylic acids is 2. The Balaban J connectivity index is 0.000000289. The number of hydrogen-bond acceptors (Lipinski definition) is 9. The normalized spacial score (nSPS) is 21.4. The van der Waals surface area contributed by atoms with E-state index in [-0.39, 0.29) is 30.0 Å². The van der Waals surface area contributed by atoms with Crippen LogP contribution in [0.2, 0.25) is 0 Å². The minimum atomic E-state index is -0.376. The molecule has 0 radical (unpaired) electrons. The third-order valence-corrected chi connectivity index (χ3v) is 5.03. The van der Waals surface area contributed by atoms with Gasteiger partial charge in [-0.3, -0.25) is 9.69 Å². The SMILES string of the molecule is CC(C)C(C=O)N(N)/C=C(\N)c1nccs1.CNC(=O)C1CC(O)CN1C. The third kappa shape index (κ3) is 6.90. The number of nitrogens with zero attached hydrogens (tertiary/aromatic N) is 3. The Morgan fingerprint density at radius 2 is 2.22 bits per heavy atom. The summed E-state index contributed by atoms with van der Waals surface area (Å²) in [7, 11) is 3.46. The number of amides is 1. The molecule has 152 valence electrons. The Bertz CT molecular complexity index is 622. The predicted molar refractivity (Wildman–Crippen MR) is 106 cm³/mol. The molecular formula is C17H30N6O3S. The largest absolute Gasteiger partial charge is 0.395 e. The number of carbonyl (C=O) groups is 2. The molecule has 1 aliphatic rings. The molecule has 1 aliphatic heterocycles. The lowest BCUT2D eigenvalue weighted by Crippen LogP contribution is -2.41. The van der Waals surface area contributed by atoms with E-state index in [0.29, 0.717) is 23.7 Å². The molecule has 0 saturated carbocycles. The lowest BCUT2D eigenvalue weighted by Gasteiger charge is -2.24. The molecule has 1 amide bonds. The van der Waals surface area contributed by atoms with Crippen molar-refractivity contribution in [1.29, 1.82) is 0 Å². The average molecular weight is 399 g/mol. The van der Waals surface area contributed by atoms with Crippen LogP contribution in [0.25, 0.3) is 5.70 Å². The zero-order valence-electron chi connectivity index (χ0n) is 16.2. The highest BCUT2D eigenvalue weighted by Gasteiger charge is 2.32. The van der Waals surface area contributed by atoms with Crippen LogP contribution >= 0.6 is 11.3 Å². The van der Waals surface area contributed by atoms with Crippen molar-refractivity contribution in [2.75, 3.05) is 20.6 Å². The first-order chi connectivity index (χ1) is 12.7. The van der Waals surface area contributed by atoms with Gasteiger partial charge in [-0.15, -0.1) is 11.3 Å². The number of aromatic nitrogens is 1. The van der Waals surface area contributed by atoms with Gasteiger partial charge in [-0.2, -0.15) is 0 Å². The van der Waals surface area contributed by atoms with E-state index in [9.17, 15) is 14.7 Å². The Morgan fingerprint density at radius 1 is 1.56 bits per heavy atom. The van der Waals surface area contributed by atoms with E-state index in [1.165, 1.54) is 22.5 Å². The number of thiazole rings is 1. The monoisotopic (exact) mass is 398 g/mol. The molecule has 3 atom stereocenters. The van der Waals surface area contributed by atoms with Crippen molar-refractivity contribution < 1.29 is 14.7 Å². The van der Waals surface area contributed by atoms with Gasteiger partial charge < -0.3 is 26.0 Å². The van der Waals surface area contributed by atoms with Crippen LogP contribution in [-0.2, 0) is 9.59 Å². The molecule has 1 fully saturated rings. The van der Waals surface area contributed by atoms with E-state index in [1.54, 1.807) is 13.2 Å². The van der Waals surface area contributed by atoms with Crippen molar-refractivity contribution in [3.63, 3.8) is 0 Å². The number of aliphatic hydroxyl groups excluding tert-OH is 1. The van der Waals surface area contributed by atoms with Crippen LogP contribution in [0, 0.1) is 5.92 Å². The minimum Gasteiger partial charge on any atom is -0.395 e. The molecule has 1 aromatic heterocycles. The number of β-amino-alcohol motifs (C(OH)–C–C–N with tert-alkyl or cyclic N) is 1. The molecule has 9 nitrogen and oxygen atoms in total. The van der Waals surface area contributed by atoms with E-state index in [2.05, 4.69) is 10.3 Å². The van der Waals surface area contributed by atoms with Crippen LogP contribution in [0.1, 0.15) is 25.3 Å². The molecule has 10 heteroatoms. The Morgan fingerprint density at radius 3 is 2.63 bits per heavy atom. The number of aldehydes is 1. The summed E-state index contributed by atoms with van der Waals surface area (Å²) in [5, 5.41) is 15.6. The topological polar surface area (TPSA) is 138 Å². The van der Waals surface area contributed by atoms with E-state index < -0.39 is 0 Å². The highest BCUT2D eigenvalue weighted by Crippen LogP contribution is 2.15. The number of nitrogens with one attached hydrogen (secondary N) is 1. The summed E-state index contributed by atoms with van der Waals surface area (Å²) in [4.78, 5) is 27.9. The van der Waals surface area contributed by atoms with E-state index in [4.69, 9.17) is 11.6 Å². The zero-order chi connectivity index (χ0) is 20.6. The second kappa shape index (κ2) is 11.0. The fourth-order valence-electron chi connectivity index (χ4n) is 2.69. The number of hydrogen-bond donors (Lipinski definition) is 4. The summed E-state index contributed by atoms with van der Waals surface area (Å²) in [5.74, 6) is 5.88. The number of likely N-dealkylation sites (tertiary alicyclic amines) is 1. The van der Waals surface area contributed by atoms with Crippen LogP contribution in [-0.4, -0.2) is 71.0 Å². The molecule has 0 spiro atoms. The number of likely N-dealkylation sites (N-methyl/N-ethyl adjacent to an activating group) is 2. The molecule has 1 aromatic rings. The summed E-state index contributed by atoms with van der Waals surface area (Å²) in [5.41, 5.74) is 6.27. The zero-order valence-corrected chi connectivity index (χ0v) is 17.0. The number of rotatable bonds is 6. The maximum atomic E-state index is 11.1. The molecule has 6 N–H and O–H groups in total. The molecule has 1 saturated heterocycles. The summed E-state index contributed by atoms with van der Waals surface area (Å²) in [6.45, 7) is 4.44. The molecule has 2 rings (SSSR count). The number of hydrazine groups is 1. The fraction of sp³-hybridized carbons (Fsp3) is 0.588. The first-order valence-corrected chi connectivity index (χ1v) is 9.54. The molecule has 2 heterocycles. The molecule has 27 heavy (non-hydrogen) atoms. The van der Waals surface area contributed by atoms with E-state index >= 15 is 0 Å². The van der Waals surface area contributed by atoms with Crippen LogP contribution in [0.4, 0.5) is 0 Å². The van der Waals surface area contributed by atoms with Crippen molar-refractivity contribution in [2.45, 2.75) is 38.5 Å². The van der Waals surface area contributed by atoms with Gasteiger partial charge in [0.2, 0.25) is 5.91 Å². The summed E-state index contributed by atoms with van der Waals surface area (Å²) in [6.07, 6.45) is 4.23. The minimum absolute atomic E-state index is 0.0101. The van der Waals surface area contributed by atoms with Crippen LogP contribution in [0.15, 0.2) is 17.8 Å². The first kappa shape index (κ1) is 23.0. The van der Waals surface area contributed by atoms with Gasteiger partial charge in [0.05, 0.1) is 17.8 Å². The van der Waals surface area contributed by atoms with Crippen molar-refractivity contribution in [3.05, 3.63) is 22.8 Å². The summed E-state index contributed by atoms with van der Waals surface area (Å²) >= 11 is 1.43. The van der Waals surface area contributed by atoms with E-state index in [1.807, 2.05) is 31.2 Å². The molecule has 0 aliphatic carbocycles. The maximum Gasteiger partial charge on any atom is 0.237 e. The van der Waals surface area contributed by atoms with Gasteiger partial charge in [-0.25, -0.2) is 10.8 Å². The van der Waals surface area contributed by atoms with Crippen molar-refractivity contribution in [1.82, 2.24) is 20.2 Å². The lowest BCUT2D eigenvalue weighted by atomic mass is 10.1.